The van der Waals surface area contributed by atoms with Gasteiger partial charge in [-0.25, -0.2) is 9.59 Å². The summed E-state index contributed by atoms with van der Waals surface area (Å²) in [5, 5.41) is 26.5. The minimum absolute atomic E-state index is 0.0178. The SMILES string of the molecule is C=C1C[C@H](C(=O)O)[C@@H](C(=O)O)N(C(=O)O)C1. The van der Waals surface area contributed by atoms with Crippen molar-refractivity contribution >= 4 is 18.0 Å². The predicted octanol–water partition coefficient (Wildman–Crippen LogP) is 0.0803. The lowest BCUT2D eigenvalue weighted by atomic mass is 9.87. The second-order valence-corrected chi connectivity index (χ2v) is 3.59. The fourth-order valence-corrected chi connectivity index (χ4v) is 1.76. The van der Waals surface area contributed by atoms with Crippen LogP contribution in [-0.2, 0) is 9.59 Å². The summed E-state index contributed by atoms with van der Waals surface area (Å²) in [5.41, 5.74) is 0.396. The number of hydrogen-bond acceptors (Lipinski definition) is 3. The third-order valence-corrected chi connectivity index (χ3v) is 2.44. The van der Waals surface area contributed by atoms with Gasteiger partial charge in [-0.05, 0) is 6.42 Å². The normalized spacial score (nSPS) is 25.2. The molecular formula is C9H11NO6. The van der Waals surface area contributed by atoms with Crippen molar-refractivity contribution in [2.75, 3.05) is 6.54 Å². The van der Waals surface area contributed by atoms with Gasteiger partial charge in [0.2, 0.25) is 0 Å². The van der Waals surface area contributed by atoms with Gasteiger partial charge in [-0.2, -0.15) is 0 Å². The lowest BCUT2D eigenvalue weighted by Crippen LogP contribution is -2.54. The minimum atomic E-state index is -1.56. The van der Waals surface area contributed by atoms with Crippen LogP contribution in [0.3, 0.4) is 0 Å². The molecule has 0 radical (unpaired) electrons. The number of aliphatic carboxylic acids is 2. The maximum Gasteiger partial charge on any atom is 0.408 e. The molecule has 1 saturated heterocycles. The van der Waals surface area contributed by atoms with Crippen LogP contribution >= 0.6 is 0 Å². The molecule has 7 nitrogen and oxygen atoms in total. The first-order valence-electron chi connectivity index (χ1n) is 4.46. The first-order valence-corrected chi connectivity index (χ1v) is 4.46. The molecule has 0 saturated carbocycles. The Hall–Kier alpha value is -2.05. The first-order chi connectivity index (χ1) is 7.34. The topological polar surface area (TPSA) is 115 Å². The van der Waals surface area contributed by atoms with Gasteiger partial charge in [-0.3, -0.25) is 9.69 Å². The van der Waals surface area contributed by atoms with E-state index in [1.54, 1.807) is 0 Å². The van der Waals surface area contributed by atoms with Gasteiger partial charge >= 0.3 is 18.0 Å². The van der Waals surface area contributed by atoms with Crippen LogP contribution in [0.15, 0.2) is 12.2 Å². The van der Waals surface area contributed by atoms with Gasteiger partial charge in [0.15, 0.2) is 0 Å². The number of hydrogen-bond donors (Lipinski definition) is 3. The van der Waals surface area contributed by atoms with Gasteiger partial charge in [-0.1, -0.05) is 12.2 Å². The Kier molecular flexibility index (Phi) is 3.17. The quantitative estimate of drug-likeness (QED) is 0.577. The zero-order valence-corrected chi connectivity index (χ0v) is 8.29. The van der Waals surface area contributed by atoms with Crippen molar-refractivity contribution in [1.82, 2.24) is 4.90 Å². The minimum Gasteiger partial charge on any atom is -0.481 e. The predicted molar refractivity (Wildman–Crippen MR) is 51.0 cm³/mol. The molecular weight excluding hydrogens is 218 g/mol. The molecule has 0 spiro atoms. The molecule has 0 aromatic carbocycles. The molecule has 3 N–H and O–H groups in total. The molecule has 16 heavy (non-hydrogen) atoms. The van der Waals surface area contributed by atoms with Crippen LogP contribution in [0.5, 0.6) is 0 Å². The summed E-state index contributed by atoms with van der Waals surface area (Å²) < 4.78 is 0. The van der Waals surface area contributed by atoms with Crippen molar-refractivity contribution in [3.63, 3.8) is 0 Å². The molecule has 0 aromatic heterocycles. The maximum absolute atomic E-state index is 10.9. The van der Waals surface area contributed by atoms with Crippen molar-refractivity contribution in [2.24, 2.45) is 5.92 Å². The van der Waals surface area contributed by atoms with Gasteiger partial charge in [-0.15, -0.1) is 0 Å². The van der Waals surface area contributed by atoms with E-state index in [4.69, 9.17) is 15.3 Å². The Labute approximate surface area is 90.6 Å². The van der Waals surface area contributed by atoms with Crippen LogP contribution in [0.25, 0.3) is 0 Å². The Morgan fingerprint density at radius 2 is 1.75 bits per heavy atom. The van der Waals surface area contributed by atoms with Gasteiger partial charge in [0, 0.05) is 6.54 Å². The summed E-state index contributed by atoms with van der Waals surface area (Å²) >= 11 is 0. The summed E-state index contributed by atoms with van der Waals surface area (Å²) in [6.45, 7) is 3.37. The summed E-state index contributed by atoms with van der Waals surface area (Å²) in [5.74, 6) is -4.07. The van der Waals surface area contributed by atoms with Crippen molar-refractivity contribution in [1.29, 1.82) is 0 Å². The second kappa shape index (κ2) is 4.21. The Bertz CT molecular complexity index is 334. The first kappa shape index (κ1) is 12.0. The Balaban J connectivity index is 3.08. The third-order valence-electron chi connectivity index (χ3n) is 2.44. The molecule has 1 fully saturated rings. The number of likely N-dealkylation sites (tertiary alicyclic amines) is 1. The van der Waals surface area contributed by atoms with E-state index < -0.39 is 30.0 Å². The van der Waals surface area contributed by atoms with Gasteiger partial charge < -0.3 is 15.3 Å². The number of carboxylic acid groups (broad SMARTS) is 3. The van der Waals surface area contributed by atoms with E-state index in [0.717, 1.165) is 0 Å². The molecule has 1 rings (SSSR count). The summed E-state index contributed by atoms with van der Waals surface area (Å²) in [6, 6.07) is -1.56. The maximum atomic E-state index is 10.9. The highest BCUT2D eigenvalue weighted by Crippen LogP contribution is 2.27. The van der Waals surface area contributed by atoms with Crippen molar-refractivity contribution in [2.45, 2.75) is 12.5 Å². The monoisotopic (exact) mass is 229 g/mol. The Morgan fingerprint density at radius 1 is 1.19 bits per heavy atom. The molecule has 7 heteroatoms. The van der Waals surface area contributed by atoms with Crippen LogP contribution in [0, 0.1) is 5.92 Å². The third kappa shape index (κ3) is 2.13. The van der Waals surface area contributed by atoms with E-state index in [2.05, 4.69) is 6.58 Å². The van der Waals surface area contributed by atoms with Crippen LogP contribution < -0.4 is 0 Å². The highest BCUT2D eigenvalue weighted by Gasteiger charge is 2.44. The van der Waals surface area contributed by atoms with E-state index in [-0.39, 0.29) is 13.0 Å². The lowest BCUT2D eigenvalue weighted by molar-refractivity contribution is -0.155. The van der Waals surface area contributed by atoms with Gasteiger partial charge in [0.05, 0.1) is 5.92 Å². The van der Waals surface area contributed by atoms with E-state index in [1.165, 1.54) is 0 Å². The standard InChI is InChI=1S/C9H11NO6/c1-4-2-5(7(11)12)6(8(13)14)10(3-4)9(15)16/h5-6H,1-3H2,(H,11,12)(H,13,14)(H,15,16)/t5-,6-/m0/s1. The Morgan fingerprint density at radius 3 is 2.12 bits per heavy atom. The van der Waals surface area contributed by atoms with Crippen molar-refractivity contribution in [3.8, 4) is 0 Å². The zero-order valence-electron chi connectivity index (χ0n) is 8.29. The smallest absolute Gasteiger partial charge is 0.408 e. The number of rotatable bonds is 2. The summed E-state index contributed by atoms with van der Waals surface area (Å²) in [4.78, 5) is 33.2. The van der Waals surface area contributed by atoms with Crippen molar-refractivity contribution in [3.05, 3.63) is 12.2 Å². The average Bonchev–Trinajstić information content (AvgIpc) is 2.15. The van der Waals surface area contributed by atoms with E-state index in [1.807, 2.05) is 0 Å². The van der Waals surface area contributed by atoms with Crippen LogP contribution in [0.2, 0.25) is 0 Å². The number of nitrogens with zero attached hydrogens (tertiary/aromatic N) is 1. The highest BCUT2D eigenvalue weighted by molar-refractivity contribution is 5.86. The molecule has 0 aliphatic carbocycles. The fraction of sp³-hybridized carbons (Fsp3) is 0.444. The van der Waals surface area contributed by atoms with E-state index >= 15 is 0 Å². The molecule has 1 heterocycles. The molecule has 1 aliphatic rings. The molecule has 88 valence electrons. The highest BCUT2D eigenvalue weighted by atomic mass is 16.4. The van der Waals surface area contributed by atoms with Gasteiger partial charge in [0.1, 0.15) is 6.04 Å². The second-order valence-electron chi connectivity index (χ2n) is 3.59. The lowest BCUT2D eigenvalue weighted by Gasteiger charge is -2.35. The summed E-state index contributed by atoms with van der Waals surface area (Å²) in [6.07, 6.45) is -1.48. The fourth-order valence-electron chi connectivity index (χ4n) is 1.76. The largest absolute Gasteiger partial charge is 0.481 e. The number of carbonyl (C=O) groups is 3. The number of carboxylic acids is 2. The number of amides is 1. The van der Waals surface area contributed by atoms with Gasteiger partial charge in [0.25, 0.3) is 0 Å². The van der Waals surface area contributed by atoms with E-state index in [9.17, 15) is 14.4 Å². The van der Waals surface area contributed by atoms with E-state index in [0.29, 0.717) is 10.5 Å². The molecule has 1 aliphatic heterocycles. The molecule has 2 atom stereocenters. The number of piperidine rings is 1. The molecule has 0 bridgehead atoms. The zero-order chi connectivity index (χ0) is 12.5. The van der Waals surface area contributed by atoms with Crippen LogP contribution in [0.4, 0.5) is 4.79 Å². The van der Waals surface area contributed by atoms with Crippen LogP contribution in [0.1, 0.15) is 6.42 Å². The average molecular weight is 229 g/mol. The molecule has 0 aromatic rings. The molecule has 0 unspecified atom stereocenters. The summed E-state index contributed by atoms with van der Waals surface area (Å²) in [7, 11) is 0. The molecule has 1 amide bonds. The van der Waals surface area contributed by atoms with Crippen molar-refractivity contribution < 1.29 is 29.7 Å². The van der Waals surface area contributed by atoms with Crippen LogP contribution in [-0.4, -0.2) is 50.8 Å².